The van der Waals surface area contributed by atoms with Crippen LogP contribution in [0.25, 0.3) is 5.76 Å². The highest BCUT2D eigenvalue weighted by atomic mass is 79.9. The van der Waals surface area contributed by atoms with Crippen molar-refractivity contribution in [3.05, 3.63) is 106 Å². The maximum atomic E-state index is 13.2. The lowest BCUT2D eigenvalue weighted by Gasteiger charge is -2.27. The molecule has 2 heterocycles. The average Bonchev–Trinajstić information content (AvgIpc) is 3.51. The molecule has 0 bridgehead atoms. The molecule has 1 N–H and O–H groups in total. The van der Waals surface area contributed by atoms with Gasteiger partial charge in [-0.1, -0.05) is 70.5 Å². The van der Waals surface area contributed by atoms with Crippen molar-refractivity contribution in [1.82, 2.24) is 4.90 Å². The molecular formula is C29H26BrNO5. The van der Waals surface area contributed by atoms with Gasteiger partial charge in [-0.25, -0.2) is 0 Å². The normalized spacial score (nSPS) is 21.2. The van der Waals surface area contributed by atoms with E-state index >= 15 is 0 Å². The Morgan fingerprint density at radius 2 is 1.72 bits per heavy atom. The van der Waals surface area contributed by atoms with Crippen LogP contribution in [-0.4, -0.2) is 41.0 Å². The molecule has 0 aromatic heterocycles. The van der Waals surface area contributed by atoms with Gasteiger partial charge < -0.3 is 19.5 Å². The Morgan fingerprint density at radius 1 is 1.00 bits per heavy atom. The number of hydrogen-bond donors (Lipinski definition) is 1. The van der Waals surface area contributed by atoms with Gasteiger partial charge in [-0.2, -0.15) is 0 Å². The standard InChI is InChI=1S/C29H26BrNO5/c30-22-12-8-21(9-13-22)27(32)25-26(31(29(34)28(25)33)17-24-7-4-16-35-24)20-10-14-23(15-11-20)36-18-19-5-2-1-3-6-19/h1-3,5-6,8-15,24,26,32H,4,7,16-18H2/b27-25-. The van der Waals surface area contributed by atoms with Gasteiger partial charge in [0.15, 0.2) is 0 Å². The Morgan fingerprint density at radius 3 is 2.39 bits per heavy atom. The van der Waals surface area contributed by atoms with E-state index in [0.717, 1.165) is 28.4 Å². The number of benzene rings is 3. The number of halogens is 1. The number of aliphatic hydroxyl groups is 1. The number of ether oxygens (including phenoxy) is 2. The molecule has 5 rings (SSSR count). The second-order valence-corrected chi connectivity index (χ2v) is 9.85. The molecule has 0 saturated carbocycles. The molecule has 0 radical (unpaired) electrons. The van der Waals surface area contributed by atoms with E-state index in [1.54, 1.807) is 24.3 Å². The van der Waals surface area contributed by atoms with Crippen LogP contribution >= 0.6 is 15.9 Å². The number of amides is 1. The van der Waals surface area contributed by atoms with Gasteiger partial charge in [-0.3, -0.25) is 9.59 Å². The molecule has 2 saturated heterocycles. The van der Waals surface area contributed by atoms with Crippen molar-refractivity contribution in [2.75, 3.05) is 13.2 Å². The Labute approximate surface area is 218 Å². The number of carbonyl (C=O) groups excluding carboxylic acids is 2. The summed E-state index contributed by atoms with van der Waals surface area (Å²) in [5, 5.41) is 11.2. The van der Waals surface area contributed by atoms with Crippen molar-refractivity contribution in [2.45, 2.75) is 31.6 Å². The third-order valence-corrected chi connectivity index (χ3v) is 7.05. The van der Waals surface area contributed by atoms with E-state index in [1.807, 2.05) is 54.6 Å². The summed E-state index contributed by atoms with van der Waals surface area (Å²) in [6.07, 6.45) is 1.62. The van der Waals surface area contributed by atoms with E-state index in [2.05, 4.69) is 15.9 Å². The third kappa shape index (κ3) is 5.08. The van der Waals surface area contributed by atoms with Gasteiger partial charge >= 0.3 is 0 Å². The van der Waals surface area contributed by atoms with E-state index in [4.69, 9.17) is 9.47 Å². The molecule has 2 fully saturated rings. The van der Waals surface area contributed by atoms with Gasteiger partial charge in [0.05, 0.1) is 17.7 Å². The fourth-order valence-electron chi connectivity index (χ4n) is 4.67. The van der Waals surface area contributed by atoms with E-state index in [0.29, 0.717) is 31.1 Å². The van der Waals surface area contributed by atoms with Crippen LogP contribution < -0.4 is 4.74 Å². The first-order valence-corrected chi connectivity index (χ1v) is 12.7. The second-order valence-electron chi connectivity index (χ2n) is 8.94. The third-order valence-electron chi connectivity index (χ3n) is 6.53. The Kier molecular flexibility index (Phi) is 7.20. The van der Waals surface area contributed by atoms with Gasteiger partial charge in [0.25, 0.3) is 11.7 Å². The van der Waals surface area contributed by atoms with Gasteiger partial charge in [-0.05, 0) is 48.2 Å². The highest BCUT2D eigenvalue weighted by molar-refractivity contribution is 9.10. The van der Waals surface area contributed by atoms with Gasteiger partial charge in [0, 0.05) is 23.2 Å². The number of nitrogens with zero attached hydrogens (tertiary/aromatic N) is 1. The summed E-state index contributed by atoms with van der Waals surface area (Å²) in [5.74, 6) is -0.835. The first-order chi connectivity index (χ1) is 17.5. The maximum absolute atomic E-state index is 13.2. The average molecular weight is 548 g/mol. The minimum Gasteiger partial charge on any atom is -0.507 e. The molecule has 6 nitrogen and oxygen atoms in total. The van der Waals surface area contributed by atoms with E-state index in [-0.39, 0.29) is 17.4 Å². The number of ketones is 1. The molecule has 0 aliphatic carbocycles. The maximum Gasteiger partial charge on any atom is 0.295 e. The topological polar surface area (TPSA) is 76.1 Å². The minimum absolute atomic E-state index is 0.0817. The first-order valence-electron chi connectivity index (χ1n) is 11.9. The molecule has 36 heavy (non-hydrogen) atoms. The first kappa shape index (κ1) is 24.3. The van der Waals surface area contributed by atoms with Crippen LogP contribution in [0.15, 0.2) is 88.9 Å². The monoisotopic (exact) mass is 547 g/mol. The van der Waals surface area contributed by atoms with Crippen LogP contribution in [0.2, 0.25) is 0 Å². The molecular weight excluding hydrogens is 522 g/mol. The van der Waals surface area contributed by atoms with Crippen LogP contribution in [0.5, 0.6) is 5.75 Å². The van der Waals surface area contributed by atoms with Crippen molar-refractivity contribution in [1.29, 1.82) is 0 Å². The zero-order valence-corrected chi connectivity index (χ0v) is 21.2. The minimum atomic E-state index is -0.721. The Hall–Kier alpha value is -3.42. The molecule has 184 valence electrons. The quantitative estimate of drug-likeness (QED) is 0.235. The van der Waals surface area contributed by atoms with Crippen LogP contribution in [0, 0.1) is 0 Å². The summed E-state index contributed by atoms with van der Waals surface area (Å²) < 4.78 is 12.5. The molecule has 3 aromatic rings. The Balaban J connectivity index is 1.48. The highest BCUT2D eigenvalue weighted by Gasteiger charge is 2.47. The molecule has 3 aromatic carbocycles. The van der Waals surface area contributed by atoms with Crippen LogP contribution in [-0.2, 0) is 20.9 Å². The van der Waals surface area contributed by atoms with Gasteiger partial charge in [0.2, 0.25) is 0 Å². The van der Waals surface area contributed by atoms with Gasteiger partial charge in [-0.15, -0.1) is 0 Å². The number of carbonyl (C=O) groups is 2. The molecule has 2 aliphatic heterocycles. The number of Topliss-reactive ketones (excluding diaryl/α,β-unsaturated/α-hetero) is 1. The summed E-state index contributed by atoms with van der Waals surface area (Å²) in [6, 6.07) is 23.5. The summed E-state index contributed by atoms with van der Waals surface area (Å²) in [5.41, 5.74) is 2.33. The molecule has 2 unspecified atom stereocenters. The summed E-state index contributed by atoms with van der Waals surface area (Å²) in [6.45, 7) is 1.37. The zero-order valence-electron chi connectivity index (χ0n) is 19.6. The summed E-state index contributed by atoms with van der Waals surface area (Å²) >= 11 is 3.39. The SMILES string of the molecule is O=C1C(=O)N(CC2CCCO2)C(c2ccc(OCc3ccccc3)cc2)/C1=C(/O)c1ccc(Br)cc1. The van der Waals surface area contributed by atoms with Crippen molar-refractivity contribution < 1.29 is 24.2 Å². The van der Waals surface area contributed by atoms with E-state index in [9.17, 15) is 14.7 Å². The highest BCUT2D eigenvalue weighted by Crippen LogP contribution is 2.40. The van der Waals surface area contributed by atoms with E-state index < -0.39 is 17.7 Å². The molecule has 7 heteroatoms. The van der Waals surface area contributed by atoms with Gasteiger partial charge in [0.1, 0.15) is 18.1 Å². The van der Waals surface area contributed by atoms with Crippen molar-refractivity contribution in [3.63, 3.8) is 0 Å². The smallest absolute Gasteiger partial charge is 0.295 e. The van der Waals surface area contributed by atoms with Crippen molar-refractivity contribution >= 4 is 33.4 Å². The number of likely N-dealkylation sites (tertiary alicyclic amines) is 1. The number of aliphatic hydroxyl groups excluding tert-OH is 1. The van der Waals surface area contributed by atoms with E-state index in [1.165, 1.54) is 4.90 Å². The predicted molar refractivity (Wildman–Crippen MR) is 139 cm³/mol. The molecule has 2 atom stereocenters. The fraction of sp³-hybridized carbons (Fsp3) is 0.241. The summed E-state index contributed by atoms with van der Waals surface area (Å²) in [4.78, 5) is 27.9. The molecule has 1 amide bonds. The van der Waals surface area contributed by atoms with Crippen LogP contribution in [0.4, 0.5) is 0 Å². The molecule has 0 spiro atoms. The largest absolute Gasteiger partial charge is 0.507 e. The second kappa shape index (κ2) is 10.7. The van der Waals surface area contributed by atoms with Crippen LogP contribution in [0.3, 0.4) is 0 Å². The summed E-state index contributed by atoms with van der Waals surface area (Å²) in [7, 11) is 0. The number of rotatable bonds is 7. The lowest BCUT2D eigenvalue weighted by Crippen LogP contribution is -2.36. The number of hydrogen-bond acceptors (Lipinski definition) is 5. The lowest BCUT2D eigenvalue weighted by atomic mass is 9.95. The van der Waals surface area contributed by atoms with Crippen LogP contribution in [0.1, 0.15) is 35.6 Å². The fourth-order valence-corrected chi connectivity index (χ4v) is 4.94. The zero-order chi connectivity index (χ0) is 25.1. The van der Waals surface area contributed by atoms with Crippen molar-refractivity contribution in [3.8, 4) is 5.75 Å². The predicted octanol–water partition coefficient (Wildman–Crippen LogP) is 5.63. The van der Waals surface area contributed by atoms with Crippen molar-refractivity contribution in [2.24, 2.45) is 0 Å². The lowest BCUT2D eigenvalue weighted by molar-refractivity contribution is -0.140. The Bertz CT molecular complexity index is 1270. The molecule has 2 aliphatic rings.